The third-order valence-electron chi connectivity index (χ3n) is 4.57. The molecule has 0 bridgehead atoms. The zero-order valence-electron chi connectivity index (χ0n) is 14.7. The molecule has 1 aliphatic heterocycles. The number of hydrogen-bond donors (Lipinski definition) is 0. The second-order valence-corrected chi connectivity index (χ2v) is 7.38. The predicted molar refractivity (Wildman–Crippen MR) is 108 cm³/mol. The van der Waals surface area contributed by atoms with E-state index >= 15 is 0 Å². The molecule has 6 heteroatoms. The number of hydrogen-bond acceptors (Lipinski definition) is 4. The van der Waals surface area contributed by atoms with Gasteiger partial charge in [0, 0.05) is 32.3 Å². The zero-order chi connectivity index (χ0) is 18.6. The fourth-order valence-corrected chi connectivity index (χ4v) is 4.00. The molecule has 3 aromatic rings. The Bertz CT molecular complexity index is 956. The predicted octanol–water partition coefficient (Wildman–Crippen LogP) is 3.29. The number of para-hydroxylation sites is 1. The summed E-state index contributed by atoms with van der Waals surface area (Å²) in [5.41, 5.74) is 1.85. The van der Waals surface area contributed by atoms with Crippen LogP contribution in [0.15, 0.2) is 60.7 Å². The highest BCUT2D eigenvalue weighted by molar-refractivity contribution is 7.20. The average Bonchev–Trinajstić information content (AvgIpc) is 3.16. The van der Waals surface area contributed by atoms with E-state index in [4.69, 9.17) is 0 Å². The molecule has 0 atom stereocenters. The Hall–Kier alpha value is -2.99. The first-order valence-electron chi connectivity index (χ1n) is 8.87. The molecule has 0 N–H and O–H groups in total. The third-order valence-corrected chi connectivity index (χ3v) is 5.60. The molecule has 2 heterocycles. The van der Waals surface area contributed by atoms with Gasteiger partial charge in [0.25, 0.3) is 5.91 Å². The minimum absolute atomic E-state index is 0.0223. The number of thiazole rings is 1. The molecule has 2 aromatic carbocycles. The van der Waals surface area contributed by atoms with Crippen molar-refractivity contribution in [3.05, 3.63) is 71.2 Å². The van der Waals surface area contributed by atoms with E-state index in [-0.39, 0.29) is 11.8 Å². The summed E-state index contributed by atoms with van der Waals surface area (Å²) in [5.74, 6) is -0.0749. The molecule has 0 spiro atoms. The van der Waals surface area contributed by atoms with Gasteiger partial charge in [-0.25, -0.2) is 4.98 Å². The van der Waals surface area contributed by atoms with Gasteiger partial charge in [-0.3, -0.25) is 9.59 Å². The van der Waals surface area contributed by atoms with Crippen LogP contribution in [0.25, 0.3) is 16.3 Å². The first kappa shape index (κ1) is 17.4. The Morgan fingerprint density at radius 1 is 0.889 bits per heavy atom. The van der Waals surface area contributed by atoms with E-state index in [2.05, 4.69) is 4.98 Å². The standard InChI is InChI=1S/C21H19N3O2S/c25-19(11-10-16-6-2-1-3-7-16)23-12-14-24(15-13-23)21(26)20-22-17-8-4-5-9-18(17)27-20/h1-11H,12-15H2. The van der Waals surface area contributed by atoms with Gasteiger partial charge in [0.2, 0.25) is 5.91 Å². The topological polar surface area (TPSA) is 53.5 Å². The SMILES string of the molecule is O=C(C=Cc1ccccc1)N1CCN(C(=O)c2nc3ccccc3s2)CC1. The molecule has 2 amide bonds. The number of carbonyl (C=O) groups excluding carboxylic acids is 2. The van der Waals surface area contributed by atoms with Gasteiger partial charge >= 0.3 is 0 Å². The summed E-state index contributed by atoms with van der Waals surface area (Å²) in [6.45, 7) is 2.13. The number of aromatic nitrogens is 1. The van der Waals surface area contributed by atoms with Crippen molar-refractivity contribution in [1.29, 1.82) is 0 Å². The summed E-state index contributed by atoms with van der Waals surface area (Å²) in [6, 6.07) is 17.5. The van der Waals surface area contributed by atoms with Gasteiger partial charge in [-0.1, -0.05) is 42.5 Å². The van der Waals surface area contributed by atoms with Gasteiger partial charge < -0.3 is 9.80 Å². The molecule has 5 nitrogen and oxygen atoms in total. The summed E-state index contributed by atoms with van der Waals surface area (Å²) >= 11 is 1.42. The highest BCUT2D eigenvalue weighted by atomic mass is 32.1. The van der Waals surface area contributed by atoms with Crippen molar-refractivity contribution in [2.45, 2.75) is 0 Å². The number of amides is 2. The summed E-state index contributed by atoms with van der Waals surface area (Å²) < 4.78 is 1.01. The Morgan fingerprint density at radius 3 is 2.30 bits per heavy atom. The molecule has 136 valence electrons. The van der Waals surface area contributed by atoms with Gasteiger partial charge in [0.1, 0.15) is 0 Å². The van der Waals surface area contributed by atoms with Crippen LogP contribution in [-0.4, -0.2) is 52.8 Å². The molecule has 0 radical (unpaired) electrons. The second-order valence-electron chi connectivity index (χ2n) is 6.35. The molecule has 1 aromatic heterocycles. The molecule has 0 saturated carbocycles. The highest BCUT2D eigenvalue weighted by Gasteiger charge is 2.25. The van der Waals surface area contributed by atoms with Gasteiger partial charge in [-0.15, -0.1) is 11.3 Å². The molecule has 4 rings (SSSR count). The molecule has 0 unspecified atom stereocenters. The third kappa shape index (κ3) is 3.90. The fourth-order valence-electron chi connectivity index (χ4n) is 3.07. The minimum atomic E-state index is -0.0527. The summed E-state index contributed by atoms with van der Waals surface area (Å²) in [4.78, 5) is 33.1. The first-order chi connectivity index (χ1) is 13.2. The number of benzene rings is 2. The van der Waals surface area contributed by atoms with Crippen molar-refractivity contribution in [3.63, 3.8) is 0 Å². The fraction of sp³-hybridized carbons (Fsp3) is 0.190. The Kier molecular flexibility index (Phi) is 4.98. The lowest BCUT2D eigenvalue weighted by Crippen LogP contribution is -2.50. The van der Waals surface area contributed by atoms with Gasteiger partial charge in [0.15, 0.2) is 5.01 Å². The minimum Gasteiger partial charge on any atom is -0.336 e. The number of nitrogens with zero attached hydrogens (tertiary/aromatic N) is 3. The lowest BCUT2D eigenvalue weighted by molar-refractivity contribution is -0.127. The van der Waals surface area contributed by atoms with E-state index in [0.29, 0.717) is 31.2 Å². The lowest BCUT2D eigenvalue weighted by atomic mass is 10.2. The largest absolute Gasteiger partial charge is 0.336 e. The normalized spacial score (nSPS) is 14.8. The van der Waals surface area contributed by atoms with Crippen molar-refractivity contribution in [3.8, 4) is 0 Å². The van der Waals surface area contributed by atoms with Crippen molar-refractivity contribution >= 4 is 39.4 Å². The summed E-state index contributed by atoms with van der Waals surface area (Å²) in [5, 5.41) is 0.514. The number of piperazine rings is 1. The van der Waals surface area contributed by atoms with Crippen LogP contribution in [0.2, 0.25) is 0 Å². The van der Waals surface area contributed by atoms with Crippen LogP contribution in [0.5, 0.6) is 0 Å². The molecule has 1 saturated heterocycles. The summed E-state index contributed by atoms with van der Waals surface area (Å²) in [6.07, 6.45) is 3.42. The number of fused-ring (bicyclic) bond motifs is 1. The van der Waals surface area contributed by atoms with E-state index < -0.39 is 0 Å². The van der Waals surface area contributed by atoms with Crippen molar-refractivity contribution < 1.29 is 9.59 Å². The molecule has 27 heavy (non-hydrogen) atoms. The first-order valence-corrected chi connectivity index (χ1v) is 9.69. The lowest BCUT2D eigenvalue weighted by Gasteiger charge is -2.33. The van der Waals surface area contributed by atoms with E-state index in [1.54, 1.807) is 15.9 Å². The van der Waals surface area contributed by atoms with Gasteiger partial charge in [0.05, 0.1) is 10.2 Å². The van der Waals surface area contributed by atoms with E-state index in [1.807, 2.05) is 60.7 Å². The van der Waals surface area contributed by atoms with Crippen LogP contribution in [-0.2, 0) is 4.79 Å². The van der Waals surface area contributed by atoms with E-state index in [0.717, 1.165) is 15.8 Å². The van der Waals surface area contributed by atoms with Gasteiger partial charge in [-0.05, 0) is 23.8 Å². The second kappa shape index (κ2) is 7.72. The van der Waals surface area contributed by atoms with Crippen LogP contribution in [0, 0.1) is 0 Å². The Labute approximate surface area is 161 Å². The number of carbonyl (C=O) groups is 2. The van der Waals surface area contributed by atoms with Crippen molar-refractivity contribution in [2.75, 3.05) is 26.2 Å². The van der Waals surface area contributed by atoms with Crippen LogP contribution >= 0.6 is 11.3 Å². The smallest absolute Gasteiger partial charge is 0.282 e. The van der Waals surface area contributed by atoms with Crippen LogP contribution < -0.4 is 0 Å². The zero-order valence-corrected chi connectivity index (χ0v) is 15.6. The average molecular weight is 377 g/mol. The van der Waals surface area contributed by atoms with E-state index in [1.165, 1.54) is 11.3 Å². The Balaban J connectivity index is 1.36. The molecule has 1 aliphatic rings. The maximum Gasteiger partial charge on any atom is 0.282 e. The van der Waals surface area contributed by atoms with Crippen LogP contribution in [0.3, 0.4) is 0 Å². The Morgan fingerprint density at radius 2 is 1.56 bits per heavy atom. The maximum atomic E-state index is 12.7. The highest BCUT2D eigenvalue weighted by Crippen LogP contribution is 2.23. The maximum absolute atomic E-state index is 12.7. The van der Waals surface area contributed by atoms with Crippen LogP contribution in [0.1, 0.15) is 15.4 Å². The van der Waals surface area contributed by atoms with Crippen molar-refractivity contribution in [1.82, 2.24) is 14.8 Å². The molecule has 1 fully saturated rings. The van der Waals surface area contributed by atoms with E-state index in [9.17, 15) is 9.59 Å². The molecular weight excluding hydrogens is 358 g/mol. The van der Waals surface area contributed by atoms with Gasteiger partial charge in [-0.2, -0.15) is 0 Å². The molecule has 0 aliphatic carbocycles. The quantitative estimate of drug-likeness (QED) is 0.658. The molecular formula is C21H19N3O2S. The monoisotopic (exact) mass is 377 g/mol. The number of rotatable bonds is 3. The summed E-state index contributed by atoms with van der Waals surface area (Å²) in [7, 11) is 0. The van der Waals surface area contributed by atoms with Crippen molar-refractivity contribution in [2.24, 2.45) is 0 Å². The van der Waals surface area contributed by atoms with Crippen LogP contribution in [0.4, 0.5) is 0 Å².